The van der Waals surface area contributed by atoms with Gasteiger partial charge in [0, 0.05) is 17.3 Å². The van der Waals surface area contributed by atoms with Gasteiger partial charge in [-0.05, 0) is 45.7 Å². The fourth-order valence-corrected chi connectivity index (χ4v) is 2.92. The third-order valence-corrected chi connectivity index (χ3v) is 3.99. The molecule has 0 aliphatic heterocycles. The fraction of sp³-hybridized carbons (Fsp3) is 0.588. The third-order valence-electron chi connectivity index (χ3n) is 3.99. The van der Waals surface area contributed by atoms with Crippen LogP contribution < -0.4 is 10.6 Å². The van der Waals surface area contributed by atoms with E-state index < -0.39 is 0 Å². The second-order valence-corrected chi connectivity index (χ2v) is 6.42. The molecule has 1 aliphatic carbocycles. The quantitative estimate of drug-likeness (QED) is 0.872. The Morgan fingerprint density at radius 2 is 1.80 bits per heavy atom. The molecule has 0 heterocycles. The van der Waals surface area contributed by atoms with Crippen molar-refractivity contribution in [1.82, 2.24) is 5.32 Å². The second-order valence-electron chi connectivity index (χ2n) is 6.42. The highest BCUT2D eigenvalue weighted by Crippen LogP contribution is 2.28. The molecule has 1 aromatic carbocycles. The van der Waals surface area contributed by atoms with Gasteiger partial charge in [0.2, 0.25) is 0 Å². The molecule has 3 nitrogen and oxygen atoms in total. The summed E-state index contributed by atoms with van der Waals surface area (Å²) in [5.41, 5.74) is 1.62. The fourth-order valence-electron chi connectivity index (χ4n) is 2.92. The van der Waals surface area contributed by atoms with E-state index in [9.17, 15) is 4.79 Å². The van der Waals surface area contributed by atoms with Crippen molar-refractivity contribution in [2.45, 2.75) is 64.5 Å². The Kier molecular flexibility index (Phi) is 4.69. The van der Waals surface area contributed by atoms with Gasteiger partial charge in [-0.25, -0.2) is 0 Å². The monoisotopic (exact) mass is 274 g/mol. The summed E-state index contributed by atoms with van der Waals surface area (Å²) < 4.78 is 0. The van der Waals surface area contributed by atoms with Crippen LogP contribution >= 0.6 is 0 Å². The first-order valence-electron chi connectivity index (χ1n) is 7.68. The molecule has 0 spiro atoms. The molecule has 0 saturated heterocycles. The van der Waals surface area contributed by atoms with Crippen LogP contribution in [-0.2, 0) is 0 Å². The van der Waals surface area contributed by atoms with Gasteiger partial charge in [-0.1, -0.05) is 31.4 Å². The summed E-state index contributed by atoms with van der Waals surface area (Å²) in [6, 6.07) is 8.06. The maximum atomic E-state index is 12.6. The Bertz CT molecular complexity index is 462. The summed E-state index contributed by atoms with van der Waals surface area (Å²) >= 11 is 0. The van der Waals surface area contributed by atoms with Gasteiger partial charge >= 0.3 is 0 Å². The molecule has 3 heteroatoms. The maximum absolute atomic E-state index is 12.6. The van der Waals surface area contributed by atoms with E-state index in [0.29, 0.717) is 6.04 Å². The SMILES string of the molecule is CC(C)Nc1ccccc1C(=O)NC1(C)CCCCC1. The number of hydrogen-bond donors (Lipinski definition) is 2. The van der Waals surface area contributed by atoms with Crippen LogP contribution in [0.5, 0.6) is 0 Å². The van der Waals surface area contributed by atoms with E-state index in [4.69, 9.17) is 0 Å². The number of para-hydroxylation sites is 1. The van der Waals surface area contributed by atoms with Crippen LogP contribution in [-0.4, -0.2) is 17.5 Å². The van der Waals surface area contributed by atoms with E-state index in [1.165, 1.54) is 19.3 Å². The summed E-state index contributed by atoms with van der Waals surface area (Å²) in [5.74, 6) is 0.0400. The zero-order valence-electron chi connectivity index (χ0n) is 12.8. The van der Waals surface area contributed by atoms with Crippen LogP contribution in [0.1, 0.15) is 63.2 Å². The molecule has 2 N–H and O–H groups in total. The minimum Gasteiger partial charge on any atom is -0.382 e. The Morgan fingerprint density at radius 1 is 1.15 bits per heavy atom. The molecule has 1 aliphatic rings. The molecule has 0 unspecified atom stereocenters. The van der Waals surface area contributed by atoms with Gasteiger partial charge in [0.1, 0.15) is 0 Å². The second kappa shape index (κ2) is 6.29. The van der Waals surface area contributed by atoms with Gasteiger partial charge in [-0.3, -0.25) is 4.79 Å². The zero-order chi connectivity index (χ0) is 14.6. The van der Waals surface area contributed by atoms with Crippen LogP contribution in [0, 0.1) is 0 Å². The predicted octanol–water partition coefficient (Wildman–Crippen LogP) is 3.96. The van der Waals surface area contributed by atoms with E-state index >= 15 is 0 Å². The Balaban J connectivity index is 2.12. The van der Waals surface area contributed by atoms with E-state index in [-0.39, 0.29) is 11.4 Å². The van der Waals surface area contributed by atoms with E-state index in [2.05, 4.69) is 31.4 Å². The van der Waals surface area contributed by atoms with Crippen molar-refractivity contribution in [1.29, 1.82) is 0 Å². The maximum Gasteiger partial charge on any atom is 0.253 e. The number of hydrogen-bond acceptors (Lipinski definition) is 2. The summed E-state index contributed by atoms with van der Waals surface area (Å²) in [5, 5.41) is 6.59. The minimum atomic E-state index is -0.0414. The lowest BCUT2D eigenvalue weighted by atomic mass is 9.83. The molecule has 0 aromatic heterocycles. The smallest absolute Gasteiger partial charge is 0.253 e. The molecule has 1 aromatic rings. The van der Waals surface area contributed by atoms with Gasteiger partial charge in [-0.2, -0.15) is 0 Å². The van der Waals surface area contributed by atoms with Crippen molar-refractivity contribution in [3.63, 3.8) is 0 Å². The summed E-state index contributed by atoms with van der Waals surface area (Å²) in [6.07, 6.45) is 5.87. The van der Waals surface area contributed by atoms with Crippen molar-refractivity contribution >= 4 is 11.6 Å². The first-order chi connectivity index (χ1) is 9.50. The van der Waals surface area contributed by atoms with Crippen LogP contribution in [0.3, 0.4) is 0 Å². The topological polar surface area (TPSA) is 41.1 Å². The lowest BCUT2D eigenvalue weighted by molar-refractivity contribution is 0.0883. The van der Waals surface area contributed by atoms with Crippen LogP contribution in [0.25, 0.3) is 0 Å². The van der Waals surface area contributed by atoms with Crippen LogP contribution in [0.15, 0.2) is 24.3 Å². The molecule has 1 fully saturated rings. The molecule has 0 bridgehead atoms. The van der Waals surface area contributed by atoms with Crippen LogP contribution in [0.4, 0.5) is 5.69 Å². The average molecular weight is 274 g/mol. The van der Waals surface area contributed by atoms with Crippen molar-refractivity contribution in [2.75, 3.05) is 5.32 Å². The lowest BCUT2D eigenvalue weighted by Crippen LogP contribution is -2.47. The molecular weight excluding hydrogens is 248 g/mol. The number of amides is 1. The van der Waals surface area contributed by atoms with Gasteiger partial charge in [0.15, 0.2) is 0 Å². The van der Waals surface area contributed by atoms with Crippen LogP contribution in [0.2, 0.25) is 0 Å². The number of carbonyl (C=O) groups is 1. The highest BCUT2D eigenvalue weighted by atomic mass is 16.1. The molecule has 2 rings (SSSR count). The first-order valence-corrected chi connectivity index (χ1v) is 7.68. The third kappa shape index (κ3) is 3.75. The average Bonchev–Trinajstić information content (AvgIpc) is 2.38. The molecule has 0 atom stereocenters. The van der Waals surface area contributed by atoms with Gasteiger partial charge in [0.05, 0.1) is 5.56 Å². The summed E-state index contributed by atoms with van der Waals surface area (Å²) in [7, 11) is 0. The van der Waals surface area contributed by atoms with E-state index in [0.717, 1.165) is 24.1 Å². The number of nitrogens with one attached hydrogen (secondary N) is 2. The number of benzene rings is 1. The van der Waals surface area contributed by atoms with Crippen molar-refractivity contribution in [3.05, 3.63) is 29.8 Å². The normalized spacial score (nSPS) is 17.8. The van der Waals surface area contributed by atoms with Gasteiger partial charge in [0.25, 0.3) is 5.91 Å². The molecule has 1 amide bonds. The summed E-state index contributed by atoms with van der Waals surface area (Å²) in [4.78, 5) is 12.6. The van der Waals surface area contributed by atoms with E-state index in [1.807, 2.05) is 24.3 Å². The standard InChI is InChI=1S/C17H26N2O/c1-13(2)18-15-10-6-5-9-14(15)16(20)19-17(3)11-7-4-8-12-17/h5-6,9-10,13,18H,4,7-8,11-12H2,1-3H3,(H,19,20). The molecule has 110 valence electrons. The van der Waals surface area contributed by atoms with Crippen molar-refractivity contribution in [2.24, 2.45) is 0 Å². The highest BCUT2D eigenvalue weighted by molar-refractivity contribution is 6.00. The Labute approximate surface area is 122 Å². The minimum absolute atomic E-state index is 0.0400. The number of rotatable bonds is 4. The van der Waals surface area contributed by atoms with Crippen molar-refractivity contribution < 1.29 is 4.79 Å². The zero-order valence-corrected chi connectivity index (χ0v) is 12.8. The lowest BCUT2D eigenvalue weighted by Gasteiger charge is -2.34. The molecular formula is C17H26N2O. The molecule has 1 saturated carbocycles. The Hall–Kier alpha value is -1.51. The molecule has 0 radical (unpaired) electrons. The van der Waals surface area contributed by atoms with Gasteiger partial charge < -0.3 is 10.6 Å². The first kappa shape index (κ1) is 14.9. The highest BCUT2D eigenvalue weighted by Gasteiger charge is 2.29. The van der Waals surface area contributed by atoms with Crippen molar-refractivity contribution in [3.8, 4) is 0 Å². The number of anilines is 1. The van der Waals surface area contributed by atoms with E-state index in [1.54, 1.807) is 0 Å². The summed E-state index contributed by atoms with van der Waals surface area (Å²) in [6.45, 7) is 6.33. The largest absolute Gasteiger partial charge is 0.382 e. The Morgan fingerprint density at radius 3 is 2.45 bits per heavy atom. The van der Waals surface area contributed by atoms with Gasteiger partial charge in [-0.15, -0.1) is 0 Å². The predicted molar refractivity (Wildman–Crippen MR) is 84.2 cm³/mol. The number of carbonyl (C=O) groups excluding carboxylic acids is 1. The molecule has 20 heavy (non-hydrogen) atoms.